The van der Waals surface area contributed by atoms with Gasteiger partial charge in [0.05, 0.1) is 6.33 Å². The molecule has 222 valence electrons. The standard InChI is InChI=1S/C23H35FN6O8P2/c1-21-3-12-4-22(2,7-21)9-23(5-12,8-21)29-17-14-18(28-20(24)27-17)30(10-25-14)19-16(32)15(31)13(38-19)6-26-39(33,34)11-40(35,36)37/h10,12-13,15-16,19,31-32H,3-9,11H2,1-2H3,(H2,26,33,34)(H,27,28,29)(H2,35,36,37)/t12?,13?,15?,16?,19?,21-,22+,23?. The van der Waals surface area contributed by atoms with E-state index in [1.165, 1.54) is 30.2 Å². The molecule has 7 rings (SSSR count). The van der Waals surface area contributed by atoms with Crippen LogP contribution in [0.4, 0.5) is 10.2 Å². The van der Waals surface area contributed by atoms with Gasteiger partial charge in [0, 0.05) is 12.1 Å². The van der Waals surface area contributed by atoms with Crippen LogP contribution in [0.5, 0.6) is 0 Å². The second-order valence-corrected chi connectivity index (χ2v) is 17.3. The number of halogens is 1. The van der Waals surface area contributed by atoms with Gasteiger partial charge in [0.25, 0.3) is 7.52 Å². The number of nitrogens with zero attached hydrogens (tertiary/aromatic N) is 4. The topological polar surface area (TPSA) is 212 Å². The minimum Gasteiger partial charge on any atom is -0.387 e. The van der Waals surface area contributed by atoms with Crippen LogP contribution in [-0.2, 0) is 13.9 Å². The SMILES string of the molecule is C[C@]12CC3CC(Nc4nc(F)nc5c4ncn5C4OC(CNP(=O)(O)CP(=O)(O)O)C(O)C4O)(C1)C[C@@](C)(C3)C2. The molecule has 14 nitrogen and oxygen atoms in total. The van der Waals surface area contributed by atoms with Crippen molar-refractivity contribution < 1.29 is 43.2 Å². The van der Waals surface area contributed by atoms with E-state index in [1.54, 1.807) is 0 Å². The lowest BCUT2D eigenvalue weighted by Crippen LogP contribution is -2.61. The molecule has 7 N–H and O–H groups in total. The molecule has 1 aliphatic heterocycles. The van der Waals surface area contributed by atoms with Gasteiger partial charge in [-0.25, -0.2) is 10.1 Å². The summed E-state index contributed by atoms with van der Waals surface area (Å²) >= 11 is 0. The summed E-state index contributed by atoms with van der Waals surface area (Å²) in [4.78, 5) is 40.2. The fourth-order valence-electron chi connectivity index (χ4n) is 8.66. The molecule has 3 heterocycles. The van der Waals surface area contributed by atoms with Crippen LogP contribution in [0.2, 0.25) is 0 Å². The molecule has 5 fully saturated rings. The quantitative estimate of drug-likeness (QED) is 0.169. The van der Waals surface area contributed by atoms with Gasteiger partial charge in [0.2, 0.25) is 0 Å². The maximum Gasteiger partial charge on any atom is 0.336 e. The van der Waals surface area contributed by atoms with Crippen molar-refractivity contribution in [1.82, 2.24) is 24.6 Å². The molecule has 0 radical (unpaired) electrons. The molecule has 17 heteroatoms. The molecule has 5 aliphatic rings. The van der Waals surface area contributed by atoms with Gasteiger partial charge in [0.1, 0.15) is 24.2 Å². The summed E-state index contributed by atoms with van der Waals surface area (Å²) in [5.74, 6) is -0.461. The molecule has 2 aromatic rings. The number of rotatable bonds is 8. The second-order valence-electron chi connectivity index (χ2n) is 13.1. The minimum atomic E-state index is -4.79. The fraction of sp³-hybridized carbons (Fsp3) is 0.783. The zero-order chi connectivity index (χ0) is 28.9. The number of ether oxygens (including phenoxy) is 1. The summed E-state index contributed by atoms with van der Waals surface area (Å²) in [5.41, 5.74) is 0.478. The van der Waals surface area contributed by atoms with Gasteiger partial charge >= 0.3 is 13.7 Å². The molecule has 1 saturated heterocycles. The Morgan fingerprint density at radius 1 is 1.07 bits per heavy atom. The van der Waals surface area contributed by atoms with Gasteiger partial charge in [0.15, 0.2) is 23.2 Å². The zero-order valence-electron chi connectivity index (χ0n) is 22.1. The van der Waals surface area contributed by atoms with Crippen LogP contribution in [0.15, 0.2) is 6.33 Å². The highest BCUT2D eigenvalue weighted by molar-refractivity contribution is 7.71. The van der Waals surface area contributed by atoms with Crippen LogP contribution in [0.25, 0.3) is 11.2 Å². The molecular formula is C23H35FN6O8P2. The van der Waals surface area contributed by atoms with E-state index < -0.39 is 58.2 Å². The van der Waals surface area contributed by atoms with Crippen molar-refractivity contribution in [2.45, 2.75) is 82.5 Å². The summed E-state index contributed by atoms with van der Waals surface area (Å²) in [5, 5.41) is 26.9. The predicted octanol–water partition coefficient (Wildman–Crippen LogP) is 1.66. The van der Waals surface area contributed by atoms with E-state index in [2.05, 4.69) is 39.2 Å². The lowest BCUT2D eigenvalue weighted by atomic mass is 9.43. The Kier molecular flexibility index (Phi) is 6.59. The molecular weight excluding hydrogens is 569 g/mol. The molecule has 7 unspecified atom stereocenters. The number of imidazole rings is 1. The molecule has 0 aromatic carbocycles. The molecule has 4 bridgehead atoms. The van der Waals surface area contributed by atoms with Crippen LogP contribution in [0.1, 0.15) is 58.6 Å². The Morgan fingerprint density at radius 2 is 1.75 bits per heavy atom. The van der Waals surface area contributed by atoms with Crippen LogP contribution < -0.4 is 10.4 Å². The van der Waals surface area contributed by atoms with Crippen molar-refractivity contribution >= 4 is 32.1 Å². The molecule has 0 amide bonds. The largest absolute Gasteiger partial charge is 0.387 e. The van der Waals surface area contributed by atoms with Crippen molar-refractivity contribution in [1.29, 1.82) is 0 Å². The smallest absolute Gasteiger partial charge is 0.336 e. The summed E-state index contributed by atoms with van der Waals surface area (Å²) in [6, 6.07) is 0. The van der Waals surface area contributed by atoms with Gasteiger partial charge in [-0.3, -0.25) is 13.7 Å². The number of anilines is 1. The average molecular weight is 605 g/mol. The first kappa shape index (κ1) is 28.6. The molecule has 4 aliphatic carbocycles. The van der Waals surface area contributed by atoms with Crippen LogP contribution in [0, 0.1) is 22.8 Å². The molecule has 0 spiro atoms. The molecule has 4 saturated carbocycles. The van der Waals surface area contributed by atoms with Crippen molar-refractivity contribution in [3.8, 4) is 0 Å². The van der Waals surface area contributed by atoms with E-state index in [4.69, 9.17) is 14.5 Å². The highest BCUT2D eigenvalue weighted by Gasteiger charge is 2.60. The van der Waals surface area contributed by atoms with E-state index in [9.17, 15) is 28.6 Å². The second kappa shape index (κ2) is 9.23. The summed E-state index contributed by atoms with van der Waals surface area (Å²) < 4.78 is 45.0. The maximum atomic E-state index is 14.8. The first-order chi connectivity index (χ1) is 18.5. The van der Waals surface area contributed by atoms with Gasteiger partial charge in [-0.1, -0.05) is 13.8 Å². The Balaban J connectivity index is 1.25. The fourth-order valence-corrected chi connectivity index (χ4v) is 11.5. The van der Waals surface area contributed by atoms with Gasteiger partial charge in [-0.15, -0.1) is 0 Å². The van der Waals surface area contributed by atoms with Gasteiger partial charge in [-0.2, -0.15) is 14.4 Å². The third-order valence-electron chi connectivity index (χ3n) is 8.93. The Labute approximate surface area is 229 Å². The summed E-state index contributed by atoms with van der Waals surface area (Å²) in [6.07, 6.45) is 1.13. The Hall–Kier alpha value is -1.54. The highest BCUT2D eigenvalue weighted by Crippen LogP contribution is 2.67. The Morgan fingerprint density at radius 3 is 2.38 bits per heavy atom. The van der Waals surface area contributed by atoms with Crippen molar-refractivity contribution in [2.75, 3.05) is 17.8 Å². The molecule has 40 heavy (non-hydrogen) atoms. The first-order valence-corrected chi connectivity index (χ1v) is 16.9. The maximum absolute atomic E-state index is 14.8. The Bertz CT molecular complexity index is 1420. The zero-order valence-corrected chi connectivity index (χ0v) is 23.9. The van der Waals surface area contributed by atoms with E-state index in [0.29, 0.717) is 5.92 Å². The number of aliphatic hydroxyl groups is 2. The van der Waals surface area contributed by atoms with Crippen LogP contribution in [0.3, 0.4) is 0 Å². The number of aromatic nitrogens is 4. The normalized spacial score (nSPS) is 40.5. The summed E-state index contributed by atoms with van der Waals surface area (Å²) in [6.45, 7) is 4.16. The summed E-state index contributed by atoms with van der Waals surface area (Å²) in [7, 11) is -9.26. The predicted molar refractivity (Wildman–Crippen MR) is 140 cm³/mol. The monoisotopic (exact) mass is 604 g/mol. The van der Waals surface area contributed by atoms with E-state index >= 15 is 0 Å². The first-order valence-electron chi connectivity index (χ1n) is 13.3. The third-order valence-corrected chi connectivity index (χ3v) is 12.6. The average Bonchev–Trinajstić information content (AvgIpc) is 3.29. The third kappa shape index (κ3) is 5.25. The lowest BCUT2D eigenvalue weighted by Gasteiger charge is -2.65. The molecule has 9 atom stereocenters. The number of aliphatic hydroxyl groups excluding tert-OH is 2. The van der Waals surface area contributed by atoms with Gasteiger partial charge in [-0.05, 0) is 55.3 Å². The van der Waals surface area contributed by atoms with Crippen LogP contribution >= 0.6 is 15.1 Å². The highest BCUT2D eigenvalue weighted by atomic mass is 31.2. The van der Waals surface area contributed by atoms with E-state index in [1.807, 2.05) is 0 Å². The number of nitrogens with one attached hydrogen (secondary N) is 2. The van der Waals surface area contributed by atoms with Crippen molar-refractivity contribution in [2.24, 2.45) is 16.7 Å². The van der Waals surface area contributed by atoms with Crippen LogP contribution in [-0.4, -0.2) is 80.7 Å². The van der Waals surface area contributed by atoms with Crippen molar-refractivity contribution in [3.63, 3.8) is 0 Å². The van der Waals surface area contributed by atoms with E-state index in [0.717, 1.165) is 19.3 Å². The van der Waals surface area contributed by atoms with E-state index in [-0.39, 0.29) is 33.4 Å². The molecule has 2 aromatic heterocycles. The van der Waals surface area contributed by atoms with Crippen molar-refractivity contribution in [3.05, 3.63) is 12.4 Å². The lowest BCUT2D eigenvalue weighted by molar-refractivity contribution is -0.0973. The number of hydrogen-bond acceptors (Lipinski definition) is 9. The number of hydrogen-bond donors (Lipinski definition) is 7. The van der Waals surface area contributed by atoms with Gasteiger partial charge < -0.3 is 34.9 Å². The minimum absolute atomic E-state index is 0.0383. The number of fused-ring (bicyclic) bond motifs is 1.